The number of nitrogens with zero attached hydrogens (tertiary/aromatic N) is 1. The Bertz CT molecular complexity index is 3870. The van der Waals surface area contributed by atoms with Gasteiger partial charge in [0.25, 0.3) is 0 Å². The summed E-state index contributed by atoms with van der Waals surface area (Å²) in [5, 5.41) is 2.32. The summed E-state index contributed by atoms with van der Waals surface area (Å²) in [7, 11) is 0. The third-order valence-corrected chi connectivity index (χ3v) is 15.2. The van der Waals surface area contributed by atoms with Crippen LogP contribution in [0.4, 0.5) is 17.1 Å². The van der Waals surface area contributed by atoms with E-state index < -0.39 is 5.41 Å². The van der Waals surface area contributed by atoms with Crippen molar-refractivity contribution in [2.45, 2.75) is 18.3 Å². The third-order valence-electron chi connectivity index (χ3n) is 15.2. The van der Waals surface area contributed by atoms with Gasteiger partial charge in [0.1, 0.15) is 11.5 Å². The zero-order chi connectivity index (χ0) is 46.9. The highest BCUT2D eigenvalue weighted by Gasteiger charge is 2.52. The highest BCUT2D eigenvalue weighted by molar-refractivity contribution is 5.97. The lowest BCUT2D eigenvalue weighted by atomic mass is 9.65. The van der Waals surface area contributed by atoms with Crippen molar-refractivity contribution in [2.75, 3.05) is 4.90 Å². The van der Waals surface area contributed by atoms with Gasteiger partial charge in [0.05, 0.1) is 5.41 Å². The Balaban J connectivity index is 0.876. The first-order valence-corrected chi connectivity index (χ1v) is 24.8. The fourth-order valence-electron chi connectivity index (χ4n) is 11.9. The maximum Gasteiger partial charge on any atom is 0.140 e. The van der Waals surface area contributed by atoms with Crippen molar-refractivity contribution in [2.24, 2.45) is 0 Å². The van der Waals surface area contributed by atoms with Crippen LogP contribution in [0.25, 0.3) is 72.5 Å². The van der Waals surface area contributed by atoms with E-state index in [0.29, 0.717) is 0 Å². The summed E-state index contributed by atoms with van der Waals surface area (Å²) in [6, 6.07) is 91.2. The fraction of sp³-hybridized carbons (Fsp3) is 0.0435. The maximum atomic E-state index is 7.21. The number of fused-ring (bicyclic) bond motifs is 13. The summed E-state index contributed by atoms with van der Waals surface area (Å²) < 4.78 is 7.21. The van der Waals surface area contributed by atoms with E-state index in [1.54, 1.807) is 0 Å². The molecule has 1 atom stereocenters. The highest BCUT2D eigenvalue weighted by atomic mass is 16.5. The van der Waals surface area contributed by atoms with Crippen LogP contribution in [0.1, 0.15) is 39.8 Å². The number of aryl methyl sites for hydroxylation is 1. The van der Waals surface area contributed by atoms with Crippen molar-refractivity contribution in [3.8, 4) is 67.1 Å². The summed E-state index contributed by atoms with van der Waals surface area (Å²) in [6.07, 6.45) is 6.65. The molecule has 0 fully saturated rings. The second kappa shape index (κ2) is 16.6. The summed E-state index contributed by atoms with van der Waals surface area (Å²) in [5.41, 5.74) is 22.4. The van der Waals surface area contributed by atoms with Crippen LogP contribution in [0.3, 0.4) is 0 Å². The van der Waals surface area contributed by atoms with E-state index in [-0.39, 0.29) is 0 Å². The Kier molecular flexibility index (Phi) is 9.60. The number of benzene rings is 11. The van der Waals surface area contributed by atoms with Gasteiger partial charge in [-0.05, 0) is 133 Å². The minimum absolute atomic E-state index is 0.558. The van der Waals surface area contributed by atoms with Crippen LogP contribution in [0.2, 0.25) is 0 Å². The van der Waals surface area contributed by atoms with Gasteiger partial charge < -0.3 is 9.64 Å². The molecule has 0 bridgehead atoms. The quantitative estimate of drug-likeness (QED) is 0.158. The van der Waals surface area contributed by atoms with Gasteiger partial charge in [0, 0.05) is 39.1 Å². The summed E-state index contributed by atoms with van der Waals surface area (Å²) >= 11 is 0. The van der Waals surface area contributed by atoms with Crippen molar-refractivity contribution in [1.29, 1.82) is 0 Å². The fourth-order valence-corrected chi connectivity index (χ4v) is 11.9. The van der Waals surface area contributed by atoms with Crippen molar-refractivity contribution in [3.63, 3.8) is 0 Å². The molecule has 2 nitrogen and oxygen atoms in total. The van der Waals surface area contributed by atoms with Gasteiger partial charge in [-0.2, -0.15) is 0 Å². The lowest BCUT2D eigenvalue weighted by Gasteiger charge is -2.41. The van der Waals surface area contributed by atoms with E-state index in [4.69, 9.17) is 4.74 Å². The monoisotopic (exact) mass is 905 g/mol. The van der Waals surface area contributed by atoms with E-state index in [9.17, 15) is 0 Å². The average Bonchev–Trinajstić information content (AvgIpc) is 3.73. The molecule has 0 N–H and O–H groups in total. The van der Waals surface area contributed by atoms with E-state index in [1.165, 1.54) is 94.4 Å². The number of hydrogen-bond donors (Lipinski definition) is 0. The summed E-state index contributed by atoms with van der Waals surface area (Å²) in [5.74, 6) is 1.94. The van der Waals surface area contributed by atoms with E-state index >= 15 is 0 Å². The van der Waals surface area contributed by atoms with Gasteiger partial charge in [-0.25, -0.2) is 0 Å². The average molecular weight is 906 g/mol. The number of hydrogen-bond acceptors (Lipinski definition) is 2. The van der Waals surface area contributed by atoms with Crippen molar-refractivity contribution in [1.82, 2.24) is 0 Å². The molecule has 1 aliphatic heterocycles. The SMILES string of the molecule is C1=Cc2c(ccc3c2Oc2c(ccc4ccccc24)C32c3ccccc3-c3cc(-c4ccc(N(c5ccc(-c6ccccc6)cc5)c5ccc(-c6ccccc6-c6ccccc6)cc5)cc4)ccc32)CC1. The maximum absolute atomic E-state index is 7.21. The van der Waals surface area contributed by atoms with Gasteiger partial charge in [-0.1, -0.05) is 218 Å². The molecule has 0 radical (unpaired) electrons. The van der Waals surface area contributed by atoms with E-state index in [1.807, 2.05) is 0 Å². The molecule has 11 aromatic rings. The second-order valence-corrected chi connectivity index (χ2v) is 19.0. The van der Waals surface area contributed by atoms with Gasteiger partial charge in [0.15, 0.2) is 0 Å². The predicted molar refractivity (Wildman–Crippen MR) is 295 cm³/mol. The Labute approximate surface area is 415 Å². The van der Waals surface area contributed by atoms with Gasteiger partial charge in [0.2, 0.25) is 0 Å². The molecule has 11 aromatic carbocycles. The topological polar surface area (TPSA) is 12.5 Å². The lowest BCUT2D eigenvalue weighted by Crippen LogP contribution is -2.32. The van der Waals surface area contributed by atoms with Crippen LogP contribution in [0, 0.1) is 0 Å². The van der Waals surface area contributed by atoms with E-state index in [0.717, 1.165) is 46.8 Å². The standard InChI is InChI=1S/C69H47NO/c1-3-15-46(16-4-1)47-27-36-54(37-28-47)70(56-40-31-52(32-41-56)58-22-12-11-21-57(58)49-17-5-2-6-18-49)55-38-29-48(30-39-55)53-35-42-64-62(45-53)61-25-13-14-26-63(61)69(64)65-43-33-50-19-7-9-23-59(50)67(65)71-68-60-24-10-8-20-51(60)34-44-66(68)69/h1-7,9-19,21-45H,8,20H2. The molecule has 1 heterocycles. The zero-order valence-corrected chi connectivity index (χ0v) is 39.1. The second-order valence-electron chi connectivity index (χ2n) is 19.0. The van der Waals surface area contributed by atoms with Crippen LogP contribution in [0.5, 0.6) is 11.5 Å². The minimum Gasteiger partial charge on any atom is -0.455 e. The molecule has 334 valence electrons. The van der Waals surface area contributed by atoms with Crippen LogP contribution < -0.4 is 9.64 Å². The van der Waals surface area contributed by atoms with Gasteiger partial charge >= 0.3 is 0 Å². The number of rotatable bonds is 7. The number of anilines is 3. The highest BCUT2D eigenvalue weighted by Crippen LogP contribution is 2.64. The Morgan fingerprint density at radius 2 is 0.845 bits per heavy atom. The Morgan fingerprint density at radius 3 is 1.55 bits per heavy atom. The summed E-state index contributed by atoms with van der Waals surface area (Å²) in [4.78, 5) is 2.37. The number of ether oxygens (including phenoxy) is 1. The molecule has 0 saturated carbocycles. The minimum atomic E-state index is -0.558. The molecule has 0 aromatic heterocycles. The van der Waals surface area contributed by atoms with Gasteiger partial charge in [-0.15, -0.1) is 0 Å². The normalized spacial score (nSPS) is 14.8. The lowest BCUT2D eigenvalue weighted by molar-refractivity contribution is 0.439. The largest absolute Gasteiger partial charge is 0.455 e. The molecule has 1 unspecified atom stereocenters. The molecule has 3 aliphatic rings. The Morgan fingerprint density at radius 1 is 0.352 bits per heavy atom. The first-order chi connectivity index (χ1) is 35.2. The third kappa shape index (κ3) is 6.56. The van der Waals surface area contributed by atoms with Crippen molar-refractivity contribution < 1.29 is 4.74 Å². The first kappa shape index (κ1) is 41.0. The molecule has 71 heavy (non-hydrogen) atoms. The molecule has 14 rings (SSSR count). The molecular formula is C69H47NO. The summed E-state index contributed by atoms with van der Waals surface area (Å²) in [6.45, 7) is 0. The Hall–Kier alpha value is -8.98. The van der Waals surface area contributed by atoms with Crippen LogP contribution >= 0.6 is 0 Å². The first-order valence-electron chi connectivity index (χ1n) is 24.8. The molecule has 2 aliphatic carbocycles. The predicted octanol–water partition coefficient (Wildman–Crippen LogP) is 18.4. The van der Waals surface area contributed by atoms with Gasteiger partial charge in [-0.3, -0.25) is 0 Å². The van der Waals surface area contributed by atoms with Crippen LogP contribution in [-0.2, 0) is 11.8 Å². The smallest absolute Gasteiger partial charge is 0.140 e. The molecule has 0 amide bonds. The molecular weight excluding hydrogens is 859 g/mol. The molecule has 2 heteroatoms. The van der Waals surface area contributed by atoms with Crippen molar-refractivity contribution in [3.05, 3.63) is 288 Å². The van der Waals surface area contributed by atoms with Crippen molar-refractivity contribution >= 4 is 33.9 Å². The molecule has 0 saturated heterocycles. The van der Waals surface area contributed by atoms with Crippen LogP contribution in [-0.4, -0.2) is 0 Å². The molecule has 1 spiro atoms. The number of allylic oxidation sites excluding steroid dienone is 1. The van der Waals surface area contributed by atoms with E-state index in [2.05, 4.69) is 266 Å². The van der Waals surface area contributed by atoms with Crippen LogP contribution in [0.15, 0.2) is 255 Å². The zero-order valence-electron chi connectivity index (χ0n) is 39.1.